The lowest BCUT2D eigenvalue weighted by molar-refractivity contribution is 1.33. The molecule has 0 aliphatic carbocycles. The molecule has 1 aromatic carbocycles. The zero-order chi connectivity index (χ0) is 11.0. The van der Waals surface area contributed by atoms with Crippen LogP contribution in [0.1, 0.15) is 11.1 Å². The summed E-state index contributed by atoms with van der Waals surface area (Å²) in [5.74, 6) is 0. The van der Waals surface area contributed by atoms with Gasteiger partial charge in [-0.15, -0.1) is 0 Å². The molecule has 2 aromatic rings. The quantitative estimate of drug-likeness (QED) is 0.738. The van der Waals surface area contributed by atoms with Crippen molar-refractivity contribution >= 4 is 22.5 Å². The molecule has 1 N–H and O–H groups in total. The summed E-state index contributed by atoms with van der Waals surface area (Å²) in [4.78, 5) is 14.6. The van der Waals surface area contributed by atoms with Crippen LogP contribution < -0.4 is 5.43 Å². The van der Waals surface area contributed by atoms with Crippen LogP contribution in [0, 0.1) is 18.3 Å². The maximum absolute atomic E-state index is 11.8. The zero-order valence-corrected chi connectivity index (χ0v) is 8.72. The van der Waals surface area contributed by atoms with Gasteiger partial charge in [0.2, 0.25) is 5.43 Å². The first-order valence-corrected chi connectivity index (χ1v) is 4.73. The molecular formula is C11H7ClN2O. The monoisotopic (exact) mass is 218 g/mol. The fourth-order valence-corrected chi connectivity index (χ4v) is 1.83. The molecule has 0 radical (unpaired) electrons. The predicted octanol–water partition coefficient (Wildman–Crippen LogP) is 2.36. The van der Waals surface area contributed by atoms with Crippen molar-refractivity contribution in [3.8, 4) is 6.07 Å². The number of nitriles is 1. The maximum Gasteiger partial charge on any atom is 0.207 e. The minimum absolute atomic E-state index is 0.101. The van der Waals surface area contributed by atoms with Crippen molar-refractivity contribution in [1.82, 2.24) is 4.98 Å². The zero-order valence-electron chi connectivity index (χ0n) is 7.97. The topological polar surface area (TPSA) is 56.6 Å². The van der Waals surface area contributed by atoms with E-state index in [0.29, 0.717) is 15.9 Å². The highest BCUT2D eigenvalue weighted by molar-refractivity contribution is 6.35. The molecule has 0 spiro atoms. The largest absolute Gasteiger partial charge is 0.358 e. The van der Waals surface area contributed by atoms with Crippen LogP contribution >= 0.6 is 11.6 Å². The van der Waals surface area contributed by atoms with E-state index in [4.69, 9.17) is 16.9 Å². The molecule has 0 saturated heterocycles. The van der Waals surface area contributed by atoms with Crippen molar-refractivity contribution in [3.05, 3.63) is 44.7 Å². The third-order valence-electron chi connectivity index (χ3n) is 2.21. The molecule has 0 amide bonds. The molecule has 0 unspecified atom stereocenters. The standard InChI is InChI=1S/C11H7ClN2O/c1-6-2-8-10(9(12)3-6)14-5-7(4-13)11(8)15/h2-3,5H,1H3,(H,14,15). The van der Waals surface area contributed by atoms with Gasteiger partial charge in [-0.05, 0) is 24.6 Å². The lowest BCUT2D eigenvalue weighted by Gasteiger charge is -2.02. The van der Waals surface area contributed by atoms with Crippen molar-refractivity contribution in [2.45, 2.75) is 6.92 Å². The number of nitrogens with zero attached hydrogens (tertiary/aromatic N) is 1. The first kappa shape index (κ1) is 9.75. The summed E-state index contributed by atoms with van der Waals surface area (Å²) >= 11 is 5.98. The molecule has 0 atom stereocenters. The number of benzene rings is 1. The summed E-state index contributed by atoms with van der Waals surface area (Å²) in [6, 6.07) is 5.33. The molecule has 1 aromatic heterocycles. The number of hydrogen-bond donors (Lipinski definition) is 1. The third kappa shape index (κ3) is 1.49. The number of nitrogens with one attached hydrogen (secondary N) is 1. The Balaban J connectivity index is 3.01. The highest BCUT2D eigenvalue weighted by Crippen LogP contribution is 2.21. The Labute approximate surface area is 90.9 Å². The van der Waals surface area contributed by atoms with E-state index in [1.54, 1.807) is 12.1 Å². The number of aryl methyl sites for hydroxylation is 1. The molecule has 0 bridgehead atoms. The number of aromatic nitrogens is 1. The van der Waals surface area contributed by atoms with Gasteiger partial charge in [0.1, 0.15) is 11.6 Å². The summed E-state index contributed by atoms with van der Waals surface area (Å²) in [6.07, 6.45) is 1.38. The van der Waals surface area contributed by atoms with Crippen molar-refractivity contribution in [1.29, 1.82) is 5.26 Å². The van der Waals surface area contributed by atoms with E-state index in [-0.39, 0.29) is 11.0 Å². The molecular weight excluding hydrogens is 212 g/mol. The summed E-state index contributed by atoms with van der Waals surface area (Å²) in [5, 5.41) is 9.66. The molecule has 1 heterocycles. The second kappa shape index (κ2) is 3.41. The van der Waals surface area contributed by atoms with Crippen LogP contribution in [-0.4, -0.2) is 4.98 Å². The Hall–Kier alpha value is -1.79. The minimum Gasteiger partial charge on any atom is -0.358 e. The number of pyridine rings is 1. The van der Waals surface area contributed by atoms with Gasteiger partial charge in [-0.3, -0.25) is 4.79 Å². The van der Waals surface area contributed by atoms with Crippen LogP contribution in [0.15, 0.2) is 23.1 Å². The number of rotatable bonds is 0. The normalized spacial score (nSPS) is 10.2. The molecule has 0 aliphatic rings. The molecule has 0 saturated carbocycles. The van der Waals surface area contributed by atoms with E-state index in [9.17, 15) is 4.79 Å². The molecule has 3 nitrogen and oxygen atoms in total. The lowest BCUT2D eigenvalue weighted by Crippen LogP contribution is -2.07. The van der Waals surface area contributed by atoms with Crippen molar-refractivity contribution in [3.63, 3.8) is 0 Å². The van der Waals surface area contributed by atoms with Crippen LogP contribution in [0.25, 0.3) is 10.9 Å². The average molecular weight is 219 g/mol. The van der Waals surface area contributed by atoms with Gasteiger partial charge >= 0.3 is 0 Å². The van der Waals surface area contributed by atoms with Crippen molar-refractivity contribution < 1.29 is 0 Å². The van der Waals surface area contributed by atoms with Crippen molar-refractivity contribution in [2.75, 3.05) is 0 Å². The van der Waals surface area contributed by atoms with Gasteiger partial charge in [-0.2, -0.15) is 5.26 Å². The number of halogens is 1. The molecule has 0 aliphatic heterocycles. The van der Waals surface area contributed by atoms with Gasteiger partial charge in [-0.25, -0.2) is 0 Å². The summed E-state index contributed by atoms with van der Waals surface area (Å²) in [6.45, 7) is 1.85. The molecule has 0 fully saturated rings. The van der Waals surface area contributed by atoms with Gasteiger partial charge in [0.15, 0.2) is 0 Å². The van der Waals surface area contributed by atoms with Gasteiger partial charge in [-0.1, -0.05) is 11.6 Å². The molecule has 4 heteroatoms. The van der Waals surface area contributed by atoms with Crippen LogP contribution in [0.2, 0.25) is 5.02 Å². The Morgan fingerprint density at radius 3 is 2.87 bits per heavy atom. The van der Waals surface area contributed by atoms with E-state index in [1.807, 2.05) is 13.0 Å². The lowest BCUT2D eigenvalue weighted by atomic mass is 10.1. The summed E-state index contributed by atoms with van der Waals surface area (Å²) in [5.41, 5.74) is 1.29. The Morgan fingerprint density at radius 1 is 1.47 bits per heavy atom. The first-order chi connectivity index (χ1) is 7.13. The Morgan fingerprint density at radius 2 is 2.20 bits per heavy atom. The predicted molar refractivity (Wildman–Crippen MR) is 59.0 cm³/mol. The molecule has 74 valence electrons. The van der Waals surface area contributed by atoms with Gasteiger partial charge in [0.25, 0.3) is 0 Å². The fraction of sp³-hybridized carbons (Fsp3) is 0.0909. The highest BCUT2D eigenvalue weighted by Gasteiger charge is 2.07. The second-order valence-electron chi connectivity index (χ2n) is 3.31. The fourth-order valence-electron chi connectivity index (χ4n) is 1.51. The van der Waals surface area contributed by atoms with Crippen molar-refractivity contribution in [2.24, 2.45) is 0 Å². The summed E-state index contributed by atoms with van der Waals surface area (Å²) in [7, 11) is 0. The Kier molecular flexibility index (Phi) is 2.22. The van der Waals surface area contributed by atoms with E-state index < -0.39 is 0 Å². The van der Waals surface area contributed by atoms with Gasteiger partial charge in [0, 0.05) is 11.6 Å². The van der Waals surface area contributed by atoms with E-state index >= 15 is 0 Å². The molecule has 2 rings (SSSR count). The second-order valence-corrected chi connectivity index (χ2v) is 3.72. The van der Waals surface area contributed by atoms with Crippen LogP contribution in [-0.2, 0) is 0 Å². The Bertz CT molecular complexity index is 637. The third-order valence-corrected chi connectivity index (χ3v) is 2.50. The summed E-state index contributed by atoms with van der Waals surface area (Å²) < 4.78 is 0. The minimum atomic E-state index is -0.281. The number of hydrogen-bond acceptors (Lipinski definition) is 2. The van der Waals surface area contributed by atoms with Crippen LogP contribution in [0.3, 0.4) is 0 Å². The SMILES string of the molecule is Cc1cc(Cl)c2[nH]cc(C#N)c(=O)c2c1. The van der Waals surface area contributed by atoms with E-state index in [0.717, 1.165) is 5.56 Å². The van der Waals surface area contributed by atoms with Gasteiger partial charge in [0.05, 0.1) is 10.5 Å². The van der Waals surface area contributed by atoms with E-state index in [2.05, 4.69) is 4.98 Å². The molecule has 15 heavy (non-hydrogen) atoms. The van der Waals surface area contributed by atoms with Gasteiger partial charge < -0.3 is 4.98 Å². The average Bonchev–Trinajstić information content (AvgIpc) is 2.19. The number of H-pyrrole nitrogens is 1. The first-order valence-electron chi connectivity index (χ1n) is 4.35. The van der Waals surface area contributed by atoms with Crippen LogP contribution in [0.5, 0.6) is 0 Å². The maximum atomic E-state index is 11.8. The smallest absolute Gasteiger partial charge is 0.207 e. The number of fused-ring (bicyclic) bond motifs is 1. The highest BCUT2D eigenvalue weighted by atomic mass is 35.5. The van der Waals surface area contributed by atoms with E-state index in [1.165, 1.54) is 6.20 Å². The van der Waals surface area contributed by atoms with Crippen LogP contribution in [0.4, 0.5) is 0 Å². The number of aromatic amines is 1.